The number of rotatable bonds is 2. The summed E-state index contributed by atoms with van der Waals surface area (Å²) in [5, 5.41) is 6.38. The molecule has 2 amide bonds. The molecule has 0 fully saturated rings. The van der Waals surface area contributed by atoms with Crippen LogP contribution in [0.2, 0.25) is 0 Å². The van der Waals surface area contributed by atoms with Crippen LogP contribution in [-0.2, 0) is 9.59 Å². The number of carbonyl (C=O) groups excluding carboxylic acids is 2. The van der Waals surface area contributed by atoms with Gasteiger partial charge in [-0.15, -0.1) is 0 Å². The first kappa shape index (κ1) is 15.1. The Morgan fingerprint density at radius 1 is 1.12 bits per heavy atom. The number of aromatic nitrogens is 1. The molecule has 1 aromatic heterocycles. The molecule has 6 nitrogen and oxygen atoms in total. The maximum Gasteiger partial charge on any atom is 0.278 e. The van der Waals surface area contributed by atoms with Crippen molar-refractivity contribution in [2.24, 2.45) is 0 Å². The van der Waals surface area contributed by atoms with Crippen LogP contribution in [0.5, 0.6) is 5.75 Å². The lowest BCUT2D eigenvalue weighted by Gasteiger charge is -2.33. The summed E-state index contributed by atoms with van der Waals surface area (Å²) in [6, 6.07) is 16.2. The van der Waals surface area contributed by atoms with Crippen molar-refractivity contribution in [3.05, 3.63) is 60.8 Å². The fraction of sp³-hybridized carbons (Fsp3) is 0.105. The van der Waals surface area contributed by atoms with Gasteiger partial charge in [0.2, 0.25) is 0 Å². The second kappa shape index (κ2) is 5.59. The van der Waals surface area contributed by atoms with Crippen LogP contribution in [0.1, 0.15) is 6.92 Å². The molecule has 2 N–H and O–H groups in total. The van der Waals surface area contributed by atoms with Crippen LogP contribution in [0.3, 0.4) is 0 Å². The summed E-state index contributed by atoms with van der Waals surface area (Å²) in [5.41, 5.74) is 0.0495. The van der Waals surface area contributed by atoms with Gasteiger partial charge in [0, 0.05) is 11.6 Å². The van der Waals surface area contributed by atoms with E-state index in [1.807, 2.05) is 24.3 Å². The number of amides is 2. The van der Waals surface area contributed by atoms with Crippen molar-refractivity contribution in [3.63, 3.8) is 0 Å². The predicted molar refractivity (Wildman–Crippen MR) is 94.5 cm³/mol. The summed E-state index contributed by atoms with van der Waals surface area (Å²) in [4.78, 5) is 29.6. The van der Waals surface area contributed by atoms with E-state index in [0.29, 0.717) is 22.6 Å². The molecule has 1 atom stereocenters. The van der Waals surface area contributed by atoms with E-state index in [9.17, 15) is 9.59 Å². The first-order chi connectivity index (χ1) is 12.1. The van der Waals surface area contributed by atoms with Crippen molar-refractivity contribution in [2.75, 3.05) is 10.6 Å². The second-order valence-electron chi connectivity index (χ2n) is 5.92. The van der Waals surface area contributed by atoms with Crippen molar-refractivity contribution in [1.82, 2.24) is 4.98 Å². The van der Waals surface area contributed by atoms with E-state index in [2.05, 4.69) is 15.6 Å². The highest BCUT2D eigenvalue weighted by molar-refractivity contribution is 6.20. The van der Waals surface area contributed by atoms with Crippen molar-refractivity contribution in [3.8, 4) is 5.75 Å². The number of nitrogens with one attached hydrogen (secondary N) is 2. The quantitative estimate of drug-likeness (QED) is 0.707. The third-order valence-electron chi connectivity index (χ3n) is 4.20. The van der Waals surface area contributed by atoms with Crippen molar-refractivity contribution in [1.29, 1.82) is 0 Å². The van der Waals surface area contributed by atoms with Gasteiger partial charge in [-0.1, -0.05) is 30.3 Å². The van der Waals surface area contributed by atoms with Crippen LogP contribution >= 0.6 is 0 Å². The van der Waals surface area contributed by atoms with Gasteiger partial charge in [-0.05, 0) is 31.2 Å². The molecule has 6 heteroatoms. The zero-order valence-corrected chi connectivity index (χ0v) is 13.4. The monoisotopic (exact) mass is 333 g/mol. The molecule has 0 radical (unpaired) electrons. The number of carbonyl (C=O) groups is 2. The van der Waals surface area contributed by atoms with E-state index in [-0.39, 0.29) is 0 Å². The highest BCUT2D eigenvalue weighted by atomic mass is 16.5. The highest BCUT2D eigenvalue weighted by Crippen LogP contribution is 2.34. The number of anilines is 2. The number of nitrogens with zero attached hydrogens (tertiary/aromatic N) is 1. The number of ether oxygens (including phenoxy) is 1. The minimum Gasteiger partial charge on any atom is -0.466 e. The first-order valence-corrected chi connectivity index (χ1v) is 7.83. The summed E-state index contributed by atoms with van der Waals surface area (Å²) in [5.74, 6) is -0.620. The largest absolute Gasteiger partial charge is 0.466 e. The standard InChI is InChI=1S/C19H15N3O3/c1-19(17(23)21-13-8-2-3-10-15(13)25-19)18(24)22-14-9-4-6-12-7-5-11-20-16(12)14/h2-11H,1H3,(H,21,23)(H,22,24)/t19-/m1/s1. The van der Waals surface area contributed by atoms with Gasteiger partial charge in [-0.2, -0.15) is 0 Å². The van der Waals surface area contributed by atoms with Gasteiger partial charge in [-0.3, -0.25) is 14.6 Å². The number of para-hydroxylation sites is 3. The SMILES string of the molecule is C[C@@]1(C(=O)Nc2cccc3cccnc23)Oc2ccccc2NC1=O. The maximum absolute atomic E-state index is 12.8. The number of fused-ring (bicyclic) bond motifs is 2. The van der Waals surface area contributed by atoms with Crippen molar-refractivity contribution >= 4 is 34.1 Å². The molecule has 124 valence electrons. The average Bonchev–Trinajstić information content (AvgIpc) is 2.63. The predicted octanol–water partition coefficient (Wildman–Crippen LogP) is 2.96. The van der Waals surface area contributed by atoms with Crippen LogP contribution in [0.25, 0.3) is 10.9 Å². The molecule has 0 saturated heterocycles. The Morgan fingerprint density at radius 3 is 2.80 bits per heavy atom. The molecule has 2 heterocycles. The van der Waals surface area contributed by atoms with Gasteiger partial charge in [0.15, 0.2) is 0 Å². The molecule has 25 heavy (non-hydrogen) atoms. The van der Waals surface area contributed by atoms with E-state index in [0.717, 1.165) is 5.39 Å². The fourth-order valence-corrected chi connectivity index (χ4v) is 2.76. The lowest BCUT2D eigenvalue weighted by Crippen LogP contribution is -2.56. The van der Waals surface area contributed by atoms with E-state index >= 15 is 0 Å². The lowest BCUT2D eigenvalue weighted by atomic mass is 10.0. The third kappa shape index (κ3) is 2.48. The van der Waals surface area contributed by atoms with Gasteiger partial charge in [-0.25, -0.2) is 0 Å². The number of hydrogen-bond acceptors (Lipinski definition) is 4. The number of hydrogen-bond donors (Lipinski definition) is 2. The van der Waals surface area contributed by atoms with E-state index in [4.69, 9.17) is 4.74 Å². The van der Waals surface area contributed by atoms with Crippen LogP contribution in [-0.4, -0.2) is 22.4 Å². The van der Waals surface area contributed by atoms with E-state index < -0.39 is 17.4 Å². The van der Waals surface area contributed by atoms with Gasteiger partial charge in [0.05, 0.1) is 16.9 Å². The van der Waals surface area contributed by atoms with Crippen LogP contribution in [0.15, 0.2) is 60.8 Å². The Morgan fingerprint density at radius 2 is 1.92 bits per heavy atom. The van der Waals surface area contributed by atoms with E-state index in [1.165, 1.54) is 6.92 Å². The van der Waals surface area contributed by atoms with Crippen LogP contribution < -0.4 is 15.4 Å². The smallest absolute Gasteiger partial charge is 0.278 e. The molecular weight excluding hydrogens is 318 g/mol. The van der Waals surface area contributed by atoms with Crippen molar-refractivity contribution < 1.29 is 14.3 Å². The lowest BCUT2D eigenvalue weighted by molar-refractivity contribution is -0.143. The second-order valence-corrected chi connectivity index (χ2v) is 5.92. The molecule has 3 aromatic rings. The van der Waals surface area contributed by atoms with Gasteiger partial charge in [0.25, 0.3) is 17.4 Å². The Bertz CT molecular complexity index is 997. The minimum absolute atomic E-state index is 0.454. The molecule has 0 bridgehead atoms. The molecule has 1 aliphatic heterocycles. The molecule has 0 aliphatic carbocycles. The van der Waals surface area contributed by atoms with Gasteiger partial charge >= 0.3 is 0 Å². The van der Waals surface area contributed by atoms with Crippen molar-refractivity contribution in [2.45, 2.75) is 12.5 Å². The Balaban J connectivity index is 1.67. The zero-order valence-electron chi connectivity index (χ0n) is 13.4. The Kier molecular flexibility index (Phi) is 3.39. The van der Waals surface area contributed by atoms with Crippen LogP contribution in [0.4, 0.5) is 11.4 Å². The van der Waals surface area contributed by atoms with Gasteiger partial charge in [0.1, 0.15) is 5.75 Å². The topological polar surface area (TPSA) is 80.3 Å². The average molecular weight is 333 g/mol. The van der Waals surface area contributed by atoms with Crippen LogP contribution in [0, 0.1) is 0 Å². The Hall–Kier alpha value is -3.41. The summed E-state index contributed by atoms with van der Waals surface area (Å²) >= 11 is 0. The molecule has 1 aliphatic rings. The third-order valence-corrected chi connectivity index (χ3v) is 4.20. The zero-order chi connectivity index (χ0) is 17.4. The molecule has 2 aromatic carbocycles. The molecular formula is C19H15N3O3. The van der Waals surface area contributed by atoms with Gasteiger partial charge < -0.3 is 15.4 Å². The fourth-order valence-electron chi connectivity index (χ4n) is 2.76. The summed E-state index contributed by atoms with van der Waals surface area (Å²) in [6.07, 6.45) is 1.65. The minimum atomic E-state index is -1.68. The highest BCUT2D eigenvalue weighted by Gasteiger charge is 2.47. The number of benzene rings is 2. The molecule has 0 unspecified atom stereocenters. The molecule has 0 spiro atoms. The normalized spacial score (nSPS) is 18.8. The summed E-state index contributed by atoms with van der Waals surface area (Å²) in [6.45, 7) is 1.45. The summed E-state index contributed by atoms with van der Waals surface area (Å²) < 4.78 is 5.73. The molecule has 0 saturated carbocycles. The summed E-state index contributed by atoms with van der Waals surface area (Å²) in [7, 11) is 0. The first-order valence-electron chi connectivity index (χ1n) is 7.83. The number of pyridine rings is 1. The van der Waals surface area contributed by atoms with E-state index in [1.54, 1.807) is 36.5 Å². The maximum atomic E-state index is 12.8. The molecule has 4 rings (SSSR count). The Labute approximate surface area is 143 Å².